The summed E-state index contributed by atoms with van der Waals surface area (Å²) in [5.41, 5.74) is 0. The minimum absolute atomic E-state index is 0.861. The van der Waals surface area contributed by atoms with Gasteiger partial charge >= 0.3 is 0 Å². The van der Waals surface area contributed by atoms with Crippen LogP contribution in [0.5, 0.6) is 0 Å². The summed E-state index contributed by atoms with van der Waals surface area (Å²) in [5, 5.41) is 0. The van der Waals surface area contributed by atoms with Gasteiger partial charge in [0, 0.05) is 0 Å². The molecule has 0 aromatic rings. The normalized spacial score (nSPS) is 24.8. The van der Waals surface area contributed by atoms with Crippen LogP contribution in [0.2, 0.25) is 0 Å². The van der Waals surface area contributed by atoms with E-state index in [1.54, 1.807) is 0 Å². The molecule has 1 saturated carbocycles. The van der Waals surface area contributed by atoms with E-state index in [1.165, 1.54) is 38.5 Å². The number of hydrogen-bond donors (Lipinski definition) is 0. The molecule has 0 amide bonds. The third kappa shape index (κ3) is 14.1. The summed E-state index contributed by atoms with van der Waals surface area (Å²) in [6.45, 7) is 29.4. The highest BCUT2D eigenvalue weighted by Crippen LogP contribution is 2.33. The molecule has 0 nitrogen and oxygen atoms in total. The standard InChI is InChI=1S/C14H30.C8H16.2C2H6/c1-8-10(3)12(5)14(7)13(6)11(4)9-2;1-7-3-5-8(2)6-4-7;2*1-2/h10-14H,8-9H2,1-7H3;7-8H,3-6H2,1-2H3;2*1-2H3. The number of hydrogen-bond acceptors (Lipinski definition) is 0. The van der Waals surface area contributed by atoms with Crippen LogP contribution in [-0.2, 0) is 0 Å². The summed E-state index contributed by atoms with van der Waals surface area (Å²) < 4.78 is 0. The first-order valence-corrected chi connectivity index (χ1v) is 12.2. The van der Waals surface area contributed by atoms with Crippen molar-refractivity contribution in [2.75, 3.05) is 0 Å². The van der Waals surface area contributed by atoms with Crippen LogP contribution in [0.1, 0.15) is 129 Å². The van der Waals surface area contributed by atoms with Gasteiger partial charge in [0.05, 0.1) is 0 Å². The Morgan fingerprint density at radius 2 is 0.769 bits per heavy atom. The Bertz CT molecular complexity index is 223. The fraction of sp³-hybridized carbons (Fsp3) is 1.00. The van der Waals surface area contributed by atoms with E-state index in [0.717, 1.165) is 41.4 Å². The van der Waals surface area contributed by atoms with Crippen LogP contribution in [0.25, 0.3) is 0 Å². The smallest absolute Gasteiger partial charge is 0.0386 e. The molecule has 162 valence electrons. The molecule has 0 spiro atoms. The average molecular weight is 371 g/mol. The molecular weight excluding hydrogens is 312 g/mol. The van der Waals surface area contributed by atoms with Gasteiger partial charge in [-0.05, 0) is 41.4 Å². The molecule has 1 aliphatic carbocycles. The van der Waals surface area contributed by atoms with Gasteiger partial charge in [-0.3, -0.25) is 0 Å². The summed E-state index contributed by atoms with van der Waals surface area (Å²) in [6, 6.07) is 0. The molecule has 0 heterocycles. The predicted octanol–water partition coefficient (Wildman–Crippen LogP) is 9.87. The molecule has 26 heavy (non-hydrogen) atoms. The lowest BCUT2D eigenvalue weighted by molar-refractivity contribution is 0.164. The first-order chi connectivity index (χ1) is 12.2. The summed E-state index contributed by atoms with van der Waals surface area (Å²) >= 11 is 0. The molecule has 4 unspecified atom stereocenters. The summed E-state index contributed by atoms with van der Waals surface area (Å²) in [6.07, 6.45) is 8.53. The lowest BCUT2D eigenvalue weighted by Gasteiger charge is -2.33. The zero-order valence-corrected chi connectivity index (χ0v) is 21.3. The first kappa shape index (κ1) is 30.7. The Kier molecular flexibility index (Phi) is 23.3. The van der Waals surface area contributed by atoms with Crippen molar-refractivity contribution < 1.29 is 0 Å². The second-order valence-electron chi connectivity index (χ2n) is 8.71. The molecule has 0 aliphatic heterocycles. The quantitative estimate of drug-likeness (QED) is 0.436. The molecule has 0 saturated heterocycles. The van der Waals surface area contributed by atoms with E-state index in [0.29, 0.717) is 0 Å². The van der Waals surface area contributed by atoms with Crippen LogP contribution in [0, 0.1) is 41.4 Å². The Hall–Kier alpha value is 0. The van der Waals surface area contributed by atoms with E-state index in [2.05, 4.69) is 62.3 Å². The van der Waals surface area contributed by atoms with Crippen molar-refractivity contribution in [3.63, 3.8) is 0 Å². The van der Waals surface area contributed by atoms with Crippen LogP contribution in [0.4, 0.5) is 0 Å². The van der Waals surface area contributed by atoms with Crippen molar-refractivity contribution >= 4 is 0 Å². The molecule has 0 heteroatoms. The molecule has 0 aromatic heterocycles. The minimum atomic E-state index is 0.861. The van der Waals surface area contributed by atoms with Crippen molar-refractivity contribution in [2.24, 2.45) is 41.4 Å². The molecule has 4 atom stereocenters. The maximum absolute atomic E-state index is 2.44. The maximum Gasteiger partial charge on any atom is -0.0386 e. The molecule has 0 bridgehead atoms. The van der Waals surface area contributed by atoms with E-state index in [1.807, 2.05) is 27.7 Å². The summed E-state index contributed by atoms with van der Waals surface area (Å²) in [5.74, 6) is 6.37. The van der Waals surface area contributed by atoms with Gasteiger partial charge in [-0.25, -0.2) is 0 Å². The van der Waals surface area contributed by atoms with E-state index < -0.39 is 0 Å². The largest absolute Gasteiger partial charge is 0.0683 e. The molecule has 0 aromatic carbocycles. The van der Waals surface area contributed by atoms with E-state index >= 15 is 0 Å². The lowest BCUT2D eigenvalue weighted by Crippen LogP contribution is -2.25. The van der Waals surface area contributed by atoms with E-state index in [4.69, 9.17) is 0 Å². The average Bonchev–Trinajstić information content (AvgIpc) is 2.70. The molecule has 1 rings (SSSR count). The first-order valence-electron chi connectivity index (χ1n) is 12.2. The van der Waals surface area contributed by atoms with Gasteiger partial charge in [-0.2, -0.15) is 0 Å². The topological polar surface area (TPSA) is 0 Å². The van der Waals surface area contributed by atoms with Gasteiger partial charge in [0.25, 0.3) is 0 Å². The fourth-order valence-corrected chi connectivity index (χ4v) is 3.69. The summed E-state index contributed by atoms with van der Waals surface area (Å²) in [4.78, 5) is 0. The highest BCUT2D eigenvalue weighted by molar-refractivity contribution is 4.74. The van der Waals surface area contributed by atoms with Crippen LogP contribution >= 0.6 is 0 Å². The van der Waals surface area contributed by atoms with Crippen molar-refractivity contribution in [1.29, 1.82) is 0 Å². The van der Waals surface area contributed by atoms with E-state index in [-0.39, 0.29) is 0 Å². The lowest BCUT2D eigenvalue weighted by atomic mass is 9.73. The molecular formula is C26H58. The Balaban J connectivity index is -0.000000371. The second-order valence-corrected chi connectivity index (χ2v) is 8.71. The van der Waals surface area contributed by atoms with Gasteiger partial charge in [0.2, 0.25) is 0 Å². The second kappa shape index (κ2) is 19.8. The Morgan fingerprint density at radius 3 is 0.962 bits per heavy atom. The van der Waals surface area contributed by atoms with Gasteiger partial charge in [0.15, 0.2) is 0 Å². The van der Waals surface area contributed by atoms with Gasteiger partial charge < -0.3 is 0 Å². The van der Waals surface area contributed by atoms with Gasteiger partial charge in [0.1, 0.15) is 0 Å². The summed E-state index contributed by atoms with van der Waals surface area (Å²) in [7, 11) is 0. The van der Waals surface area contributed by atoms with Gasteiger partial charge in [-0.1, -0.05) is 129 Å². The zero-order valence-electron chi connectivity index (χ0n) is 21.3. The minimum Gasteiger partial charge on any atom is -0.0683 e. The van der Waals surface area contributed by atoms with Crippen LogP contribution in [0.3, 0.4) is 0 Å². The Morgan fingerprint density at radius 1 is 0.538 bits per heavy atom. The van der Waals surface area contributed by atoms with Crippen molar-refractivity contribution in [3.05, 3.63) is 0 Å². The van der Waals surface area contributed by atoms with Crippen molar-refractivity contribution in [1.82, 2.24) is 0 Å². The van der Waals surface area contributed by atoms with Crippen LogP contribution in [-0.4, -0.2) is 0 Å². The van der Waals surface area contributed by atoms with Crippen molar-refractivity contribution in [3.8, 4) is 0 Å². The highest BCUT2D eigenvalue weighted by Gasteiger charge is 2.25. The molecule has 0 radical (unpaired) electrons. The highest BCUT2D eigenvalue weighted by atomic mass is 14.3. The van der Waals surface area contributed by atoms with Gasteiger partial charge in [-0.15, -0.1) is 0 Å². The van der Waals surface area contributed by atoms with E-state index in [9.17, 15) is 0 Å². The van der Waals surface area contributed by atoms with Crippen LogP contribution < -0.4 is 0 Å². The predicted molar refractivity (Wildman–Crippen MR) is 126 cm³/mol. The fourth-order valence-electron chi connectivity index (χ4n) is 3.69. The zero-order chi connectivity index (χ0) is 21.3. The molecule has 1 aliphatic rings. The number of rotatable bonds is 6. The third-order valence-corrected chi connectivity index (χ3v) is 7.05. The molecule has 1 fully saturated rings. The molecule has 0 N–H and O–H groups in total. The maximum atomic E-state index is 2.44. The monoisotopic (exact) mass is 370 g/mol. The van der Waals surface area contributed by atoms with Crippen molar-refractivity contribution in [2.45, 2.75) is 129 Å². The Labute approximate surface area is 170 Å². The SMILES string of the molecule is CC.CC.CC1CCC(C)CC1.CCC(C)C(C)C(C)C(C)C(C)CC. The van der Waals surface area contributed by atoms with Crippen LogP contribution in [0.15, 0.2) is 0 Å². The third-order valence-electron chi connectivity index (χ3n) is 7.05.